The number of hydrogen-bond acceptors (Lipinski definition) is 6. The maximum Gasteiger partial charge on any atom is 0.347 e. The molecule has 0 aliphatic heterocycles. The molecule has 0 unspecified atom stereocenters. The van der Waals surface area contributed by atoms with Gasteiger partial charge in [-0.25, -0.2) is 13.6 Å². The predicted octanol–water partition coefficient (Wildman–Crippen LogP) is 4.35. The van der Waals surface area contributed by atoms with E-state index in [9.17, 15) is 23.7 Å². The lowest BCUT2D eigenvalue weighted by molar-refractivity contribution is -0.384. The highest BCUT2D eigenvalue weighted by molar-refractivity contribution is 5.94. The zero-order valence-corrected chi connectivity index (χ0v) is 15.0. The van der Waals surface area contributed by atoms with Crippen LogP contribution < -0.4 is 15.2 Å². The van der Waals surface area contributed by atoms with Crippen LogP contribution in [0.15, 0.2) is 54.6 Å². The molecule has 7 nitrogen and oxygen atoms in total. The topological polar surface area (TPSA) is 105 Å². The van der Waals surface area contributed by atoms with Crippen molar-refractivity contribution in [1.29, 1.82) is 0 Å². The van der Waals surface area contributed by atoms with Gasteiger partial charge in [-0.15, -0.1) is 0 Å². The molecule has 0 radical (unpaired) electrons. The Morgan fingerprint density at radius 3 is 2.21 bits per heavy atom. The number of nitrogen functional groups attached to an aromatic ring is 1. The first-order valence-corrected chi connectivity index (χ1v) is 8.19. The summed E-state index contributed by atoms with van der Waals surface area (Å²) in [6, 6.07) is 10.7. The minimum atomic E-state index is -0.995. The van der Waals surface area contributed by atoms with E-state index in [0.29, 0.717) is 5.69 Å². The summed E-state index contributed by atoms with van der Waals surface area (Å²) in [7, 11) is 1.34. The van der Waals surface area contributed by atoms with Crippen LogP contribution >= 0.6 is 0 Å². The number of methoxy groups -OCH3 is 1. The summed E-state index contributed by atoms with van der Waals surface area (Å²) >= 11 is 0. The van der Waals surface area contributed by atoms with E-state index >= 15 is 0 Å². The lowest BCUT2D eigenvalue weighted by atomic mass is 10.0. The molecule has 0 bridgehead atoms. The zero-order chi connectivity index (χ0) is 21.1. The van der Waals surface area contributed by atoms with Crippen LogP contribution in [-0.4, -0.2) is 18.0 Å². The second kappa shape index (κ2) is 7.93. The highest BCUT2D eigenvalue weighted by Crippen LogP contribution is 2.31. The summed E-state index contributed by atoms with van der Waals surface area (Å²) in [5, 5.41) is 10.7. The first kappa shape index (κ1) is 19.7. The molecule has 0 atom stereocenters. The first-order valence-electron chi connectivity index (χ1n) is 8.19. The molecule has 0 aliphatic rings. The molecule has 3 aromatic rings. The van der Waals surface area contributed by atoms with Gasteiger partial charge in [0.1, 0.15) is 28.7 Å². The molecule has 148 valence electrons. The fraction of sp³-hybridized carbons (Fsp3) is 0.0500. The highest BCUT2D eigenvalue weighted by Gasteiger charge is 2.19. The average Bonchev–Trinajstić information content (AvgIpc) is 2.67. The van der Waals surface area contributed by atoms with Crippen LogP contribution in [-0.2, 0) is 0 Å². The van der Waals surface area contributed by atoms with E-state index in [1.807, 2.05) is 0 Å². The lowest BCUT2D eigenvalue weighted by Gasteiger charge is -2.11. The van der Waals surface area contributed by atoms with Crippen LogP contribution in [0.1, 0.15) is 10.4 Å². The summed E-state index contributed by atoms with van der Waals surface area (Å²) in [5.74, 6) is -3.08. The van der Waals surface area contributed by atoms with Gasteiger partial charge in [-0.1, -0.05) is 0 Å². The molecule has 0 amide bonds. The van der Waals surface area contributed by atoms with Crippen molar-refractivity contribution < 1.29 is 28.0 Å². The molecule has 9 heteroatoms. The Hall–Kier alpha value is -4.01. The van der Waals surface area contributed by atoms with E-state index < -0.39 is 28.1 Å². The van der Waals surface area contributed by atoms with Crippen molar-refractivity contribution in [1.82, 2.24) is 0 Å². The van der Waals surface area contributed by atoms with E-state index in [4.69, 9.17) is 15.2 Å². The fourth-order valence-electron chi connectivity index (χ4n) is 2.67. The number of nitrogens with two attached hydrogens (primary N) is 1. The number of nitro benzene ring substituents is 1. The molecule has 0 aromatic heterocycles. The molecule has 2 N–H and O–H groups in total. The van der Waals surface area contributed by atoms with Gasteiger partial charge in [-0.05, 0) is 29.8 Å². The third-order valence-electron chi connectivity index (χ3n) is 4.04. The van der Waals surface area contributed by atoms with Crippen LogP contribution in [0, 0.1) is 21.7 Å². The number of nitrogens with zero attached hydrogens (tertiary/aromatic N) is 1. The largest absolute Gasteiger partial charge is 0.496 e. The van der Waals surface area contributed by atoms with Gasteiger partial charge in [0.15, 0.2) is 0 Å². The molecule has 0 spiro atoms. The maximum absolute atomic E-state index is 14.5. The number of ether oxygens (including phenoxy) is 2. The Morgan fingerprint density at radius 1 is 1.03 bits per heavy atom. The Morgan fingerprint density at radius 2 is 1.66 bits per heavy atom. The Bertz CT molecular complexity index is 1080. The summed E-state index contributed by atoms with van der Waals surface area (Å²) in [6.45, 7) is 0. The Kier molecular flexibility index (Phi) is 5.40. The molecule has 3 rings (SSSR count). The van der Waals surface area contributed by atoms with E-state index in [2.05, 4.69) is 0 Å². The minimum absolute atomic E-state index is 0.0296. The van der Waals surface area contributed by atoms with Crippen LogP contribution in [0.4, 0.5) is 20.2 Å². The number of anilines is 1. The van der Waals surface area contributed by atoms with Gasteiger partial charge in [-0.3, -0.25) is 10.1 Å². The molecule has 0 saturated heterocycles. The molecule has 0 aliphatic carbocycles. The number of carbonyl (C=O) groups is 1. The second-order valence-corrected chi connectivity index (χ2v) is 5.92. The van der Waals surface area contributed by atoms with Crippen molar-refractivity contribution >= 4 is 17.3 Å². The first-order chi connectivity index (χ1) is 13.8. The van der Waals surface area contributed by atoms with Crippen molar-refractivity contribution in [3.05, 3.63) is 81.9 Å². The quantitative estimate of drug-likeness (QED) is 0.224. The van der Waals surface area contributed by atoms with Gasteiger partial charge in [0, 0.05) is 36.0 Å². The molecule has 0 heterocycles. The molecule has 3 aromatic carbocycles. The number of nitro groups is 1. The summed E-state index contributed by atoms with van der Waals surface area (Å²) in [5.41, 5.74) is 5.51. The number of rotatable bonds is 5. The Balaban J connectivity index is 1.89. The van der Waals surface area contributed by atoms with Crippen molar-refractivity contribution in [2.75, 3.05) is 12.8 Å². The number of halogens is 2. The third-order valence-corrected chi connectivity index (χ3v) is 4.04. The fourth-order valence-corrected chi connectivity index (χ4v) is 2.67. The van der Waals surface area contributed by atoms with E-state index in [-0.39, 0.29) is 28.3 Å². The summed E-state index contributed by atoms with van der Waals surface area (Å²) < 4.78 is 39.1. The number of hydrogen-bond donors (Lipinski definition) is 1. The van der Waals surface area contributed by atoms with Gasteiger partial charge in [0.2, 0.25) is 0 Å². The van der Waals surface area contributed by atoms with Crippen LogP contribution in [0.25, 0.3) is 11.1 Å². The normalized spacial score (nSPS) is 10.4. The molecule has 29 heavy (non-hydrogen) atoms. The van der Waals surface area contributed by atoms with Gasteiger partial charge < -0.3 is 15.2 Å². The SMILES string of the molecule is COc1cc(N)ccc1C(=O)Oc1cc(F)c(-c2ccc([N+](=O)[O-])cc2)c(F)c1. The monoisotopic (exact) mass is 400 g/mol. The van der Waals surface area contributed by atoms with Gasteiger partial charge in [0.25, 0.3) is 5.69 Å². The standard InChI is InChI=1S/C20H14F2N2O5/c1-28-18-8-12(23)4-7-15(18)20(25)29-14-9-16(21)19(17(22)10-14)11-2-5-13(6-3-11)24(26)27/h2-10H,23H2,1H3. The molecular weight excluding hydrogens is 386 g/mol. The van der Waals surface area contributed by atoms with Crippen LogP contribution in [0.2, 0.25) is 0 Å². The van der Waals surface area contributed by atoms with E-state index in [1.54, 1.807) is 0 Å². The summed E-state index contributed by atoms with van der Waals surface area (Å²) in [6.07, 6.45) is 0. The van der Waals surface area contributed by atoms with Gasteiger partial charge in [-0.2, -0.15) is 0 Å². The minimum Gasteiger partial charge on any atom is -0.496 e. The van der Waals surface area contributed by atoms with Crippen molar-refractivity contribution in [2.45, 2.75) is 0 Å². The summed E-state index contributed by atoms with van der Waals surface area (Å²) in [4.78, 5) is 22.4. The molecule has 0 saturated carbocycles. The average molecular weight is 400 g/mol. The number of benzene rings is 3. The van der Waals surface area contributed by atoms with E-state index in [1.165, 1.54) is 37.4 Å². The van der Waals surface area contributed by atoms with Gasteiger partial charge in [0.05, 0.1) is 17.6 Å². The maximum atomic E-state index is 14.5. The van der Waals surface area contributed by atoms with Crippen molar-refractivity contribution in [3.63, 3.8) is 0 Å². The molecular formula is C20H14F2N2O5. The van der Waals surface area contributed by atoms with Gasteiger partial charge >= 0.3 is 5.97 Å². The second-order valence-electron chi connectivity index (χ2n) is 5.92. The van der Waals surface area contributed by atoms with E-state index in [0.717, 1.165) is 24.3 Å². The zero-order valence-electron chi connectivity index (χ0n) is 15.0. The number of non-ortho nitro benzene ring substituents is 1. The molecule has 0 fully saturated rings. The van der Waals surface area contributed by atoms with Crippen LogP contribution in [0.5, 0.6) is 11.5 Å². The number of esters is 1. The smallest absolute Gasteiger partial charge is 0.347 e. The Labute approximate surface area is 163 Å². The highest BCUT2D eigenvalue weighted by atomic mass is 19.1. The number of carbonyl (C=O) groups excluding carboxylic acids is 1. The van der Waals surface area contributed by atoms with Crippen molar-refractivity contribution in [3.8, 4) is 22.6 Å². The lowest BCUT2D eigenvalue weighted by Crippen LogP contribution is -2.11. The van der Waals surface area contributed by atoms with Crippen LogP contribution in [0.3, 0.4) is 0 Å². The van der Waals surface area contributed by atoms with Crippen molar-refractivity contribution in [2.24, 2.45) is 0 Å². The predicted molar refractivity (Wildman–Crippen MR) is 101 cm³/mol. The third kappa shape index (κ3) is 4.13.